The lowest BCUT2D eigenvalue weighted by atomic mass is 10.1. The zero-order valence-corrected chi connectivity index (χ0v) is 10.4. The van der Waals surface area contributed by atoms with Crippen LogP contribution in [0.5, 0.6) is 0 Å². The summed E-state index contributed by atoms with van der Waals surface area (Å²) >= 11 is 0. The molecule has 0 radical (unpaired) electrons. The van der Waals surface area contributed by atoms with Crippen molar-refractivity contribution in [1.29, 1.82) is 0 Å². The molecular formula is C11H22N2O2. The second kappa shape index (κ2) is 4.49. The second-order valence-corrected chi connectivity index (χ2v) is 5.29. The van der Waals surface area contributed by atoms with Crippen LogP contribution in [0.15, 0.2) is 0 Å². The van der Waals surface area contributed by atoms with Gasteiger partial charge in [-0.3, -0.25) is 9.69 Å². The maximum absolute atomic E-state index is 11.9. The fourth-order valence-electron chi connectivity index (χ4n) is 1.63. The average molecular weight is 214 g/mol. The van der Waals surface area contributed by atoms with Crippen molar-refractivity contribution in [3.8, 4) is 0 Å². The number of likely N-dealkylation sites (N-methyl/N-ethyl adjacent to an activating group) is 2. The summed E-state index contributed by atoms with van der Waals surface area (Å²) in [6.45, 7) is 8.38. The minimum absolute atomic E-state index is 0.114. The lowest BCUT2D eigenvalue weighted by Gasteiger charge is -2.37. The van der Waals surface area contributed by atoms with E-state index in [2.05, 4.69) is 9.80 Å². The van der Waals surface area contributed by atoms with Crippen LogP contribution in [0.25, 0.3) is 0 Å². The first-order chi connectivity index (χ1) is 6.79. The van der Waals surface area contributed by atoms with Gasteiger partial charge < -0.3 is 9.64 Å². The van der Waals surface area contributed by atoms with Crippen molar-refractivity contribution in [3.05, 3.63) is 0 Å². The molecule has 1 aliphatic rings. The van der Waals surface area contributed by atoms with E-state index in [9.17, 15) is 4.79 Å². The average Bonchev–Trinajstić information content (AvgIpc) is 2.06. The van der Waals surface area contributed by atoms with Gasteiger partial charge in [-0.25, -0.2) is 0 Å². The first-order valence-electron chi connectivity index (χ1n) is 5.41. The highest BCUT2D eigenvalue weighted by Crippen LogP contribution is 2.13. The predicted molar refractivity (Wildman–Crippen MR) is 59.8 cm³/mol. The number of ether oxygens (including phenoxy) is 1. The Hall–Kier alpha value is -0.610. The molecule has 88 valence electrons. The molecule has 1 heterocycles. The van der Waals surface area contributed by atoms with Crippen LogP contribution in [0.4, 0.5) is 0 Å². The number of piperazine rings is 1. The molecule has 1 fully saturated rings. The Bertz CT molecular complexity index is 235. The van der Waals surface area contributed by atoms with Gasteiger partial charge in [0.1, 0.15) is 11.6 Å². The van der Waals surface area contributed by atoms with Crippen molar-refractivity contribution in [2.24, 2.45) is 0 Å². The van der Waals surface area contributed by atoms with Crippen molar-refractivity contribution < 1.29 is 9.53 Å². The summed E-state index contributed by atoms with van der Waals surface area (Å²) in [4.78, 5) is 16.1. The minimum atomic E-state index is -0.395. The largest absolute Gasteiger partial charge is 0.459 e. The maximum Gasteiger partial charge on any atom is 0.325 e. The Balaban J connectivity index is 2.57. The normalized spacial score (nSPS) is 25.3. The van der Waals surface area contributed by atoms with Gasteiger partial charge in [-0.15, -0.1) is 0 Å². The second-order valence-electron chi connectivity index (χ2n) is 5.29. The van der Waals surface area contributed by atoms with Gasteiger partial charge in [-0.2, -0.15) is 0 Å². The summed E-state index contributed by atoms with van der Waals surface area (Å²) in [5, 5.41) is 0. The van der Waals surface area contributed by atoms with E-state index in [1.54, 1.807) is 0 Å². The summed E-state index contributed by atoms with van der Waals surface area (Å²) in [7, 11) is 4.01. The zero-order valence-electron chi connectivity index (χ0n) is 10.4. The summed E-state index contributed by atoms with van der Waals surface area (Å²) < 4.78 is 5.39. The lowest BCUT2D eigenvalue weighted by Crippen LogP contribution is -2.54. The Morgan fingerprint density at radius 1 is 1.27 bits per heavy atom. The molecule has 1 saturated heterocycles. The molecular weight excluding hydrogens is 192 g/mol. The lowest BCUT2D eigenvalue weighted by molar-refractivity contribution is -0.163. The minimum Gasteiger partial charge on any atom is -0.459 e. The number of hydrogen-bond donors (Lipinski definition) is 0. The molecule has 1 unspecified atom stereocenters. The van der Waals surface area contributed by atoms with Crippen LogP contribution in [0.1, 0.15) is 20.8 Å². The van der Waals surface area contributed by atoms with Crippen molar-refractivity contribution in [1.82, 2.24) is 9.80 Å². The van der Waals surface area contributed by atoms with Crippen LogP contribution < -0.4 is 0 Å². The molecule has 0 N–H and O–H groups in total. The number of nitrogens with zero attached hydrogens (tertiary/aromatic N) is 2. The molecule has 0 aliphatic carbocycles. The molecule has 1 aliphatic heterocycles. The summed E-state index contributed by atoms with van der Waals surface area (Å²) in [5.41, 5.74) is -0.395. The van der Waals surface area contributed by atoms with Crippen LogP contribution in [0, 0.1) is 0 Å². The van der Waals surface area contributed by atoms with E-state index in [0.29, 0.717) is 0 Å². The smallest absolute Gasteiger partial charge is 0.325 e. The molecule has 0 amide bonds. The van der Waals surface area contributed by atoms with E-state index in [1.165, 1.54) is 0 Å². The van der Waals surface area contributed by atoms with E-state index >= 15 is 0 Å². The quantitative estimate of drug-likeness (QED) is 0.598. The highest BCUT2D eigenvalue weighted by Gasteiger charge is 2.31. The zero-order chi connectivity index (χ0) is 11.6. The SMILES string of the molecule is CN1CCN(C)C(C(=O)OC(C)(C)C)C1. The highest BCUT2D eigenvalue weighted by atomic mass is 16.6. The van der Waals surface area contributed by atoms with E-state index in [4.69, 9.17) is 4.74 Å². The first kappa shape index (κ1) is 12.5. The Labute approximate surface area is 92.2 Å². The standard InChI is InChI=1S/C11H22N2O2/c1-11(2,3)15-10(14)9-8-12(4)6-7-13(9)5/h9H,6-8H2,1-5H3. The summed E-state index contributed by atoms with van der Waals surface area (Å²) in [6.07, 6.45) is 0. The summed E-state index contributed by atoms with van der Waals surface area (Å²) in [6, 6.07) is -0.122. The Morgan fingerprint density at radius 2 is 1.87 bits per heavy atom. The third kappa shape index (κ3) is 3.80. The maximum atomic E-state index is 11.9. The van der Waals surface area contributed by atoms with Crippen LogP contribution in [-0.2, 0) is 9.53 Å². The predicted octanol–water partition coefficient (Wildman–Crippen LogP) is 0.574. The van der Waals surface area contributed by atoms with E-state index in [1.807, 2.05) is 34.9 Å². The molecule has 1 rings (SSSR count). The highest BCUT2D eigenvalue weighted by molar-refractivity contribution is 5.76. The van der Waals surface area contributed by atoms with E-state index in [0.717, 1.165) is 19.6 Å². The number of rotatable bonds is 1. The molecule has 0 saturated carbocycles. The van der Waals surface area contributed by atoms with Gasteiger partial charge in [0.2, 0.25) is 0 Å². The number of carbonyl (C=O) groups is 1. The molecule has 4 nitrogen and oxygen atoms in total. The van der Waals surface area contributed by atoms with Gasteiger partial charge in [0.25, 0.3) is 0 Å². The third-order valence-corrected chi connectivity index (χ3v) is 2.53. The Kier molecular flexibility index (Phi) is 3.73. The van der Waals surface area contributed by atoms with Gasteiger partial charge in [0.15, 0.2) is 0 Å². The Morgan fingerprint density at radius 3 is 2.40 bits per heavy atom. The van der Waals surface area contributed by atoms with E-state index in [-0.39, 0.29) is 12.0 Å². The van der Waals surface area contributed by atoms with Gasteiger partial charge >= 0.3 is 5.97 Å². The third-order valence-electron chi connectivity index (χ3n) is 2.53. The van der Waals surface area contributed by atoms with Gasteiger partial charge in [0, 0.05) is 19.6 Å². The van der Waals surface area contributed by atoms with Crippen molar-refractivity contribution in [2.75, 3.05) is 33.7 Å². The van der Waals surface area contributed by atoms with Crippen molar-refractivity contribution >= 4 is 5.97 Å². The molecule has 0 aromatic carbocycles. The molecule has 1 atom stereocenters. The van der Waals surface area contributed by atoms with Gasteiger partial charge in [0.05, 0.1) is 0 Å². The van der Waals surface area contributed by atoms with Gasteiger partial charge in [-0.1, -0.05) is 0 Å². The number of hydrogen-bond acceptors (Lipinski definition) is 4. The fraction of sp³-hybridized carbons (Fsp3) is 0.909. The van der Waals surface area contributed by atoms with E-state index < -0.39 is 5.60 Å². The van der Waals surface area contributed by atoms with Crippen molar-refractivity contribution in [3.63, 3.8) is 0 Å². The molecule has 15 heavy (non-hydrogen) atoms. The van der Waals surface area contributed by atoms with Crippen LogP contribution >= 0.6 is 0 Å². The molecule has 0 bridgehead atoms. The van der Waals surface area contributed by atoms with Crippen molar-refractivity contribution in [2.45, 2.75) is 32.4 Å². The van der Waals surface area contributed by atoms with Crippen LogP contribution in [0.3, 0.4) is 0 Å². The summed E-state index contributed by atoms with van der Waals surface area (Å²) in [5.74, 6) is -0.114. The van der Waals surface area contributed by atoms with Gasteiger partial charge in [-0.05, 0) is 34.9 Å². The fourth-order valence-corrected chi connectivity index (χ4v) is 1.63. The number of esters is 1. The molecule has 4 heteroatoms. The topological polar surface area (TPSA) is 32.8 Å². The molecule has 0 aromatic rings. The van der Waals surface area contributed by atoms with Crippen LogP contribution in [0.2, 0.25) is 0 Å². The molecule has 0 aromatic heterocycles. The number of carbonyl (C=O) groups excluding carboxylic acids is 1. The monoisotopic (exact) mass is 214 g/mol. The molecule has 0 spiro atoms. The first-order valence-corrected chi connectivity index (χ1v) is 5.41. The van der Waals surface area contributed by atoms with Crippen LogP contribution in [-0.4, -0.2) is 61.1 Å².